The molecule has 0 spiro atoms. The number of aliphatic hydroxyl groups is 14. The molecular formula is C18H34O19. The van der Waals surface area contributed by atoms with E-state index in [0.29, 0.717) is 0 Å². The van der Waals surface area contributed by atoms with E-state index in [-0.39, 0.29) is 0 Å². The highest BCUT2D eigenvalue weighted by Gasteiger charge is 2.46. The zero-order valence-corrected chi connectivity index (χ0v) is 18.9. The summed E-state index contributed by atoms with van der Waals surface area (Å²) in [6.07, 6.45) is -22.8. The highest BCUT2D eigenvalue weighted by Crippen LogP contribution is 2.21. The van der Waals surface area contributed by atoms with E-state index in [1.807, 2.05) is 0 Å². The van der Waals surface area contributed by atoms with Crippen LogP contribution in [0.5, 0.6) is 0 Å². The van der Waals surface area contributed by atoms with Crippen LogP contribution >= 0.6 is 0 Å². The number of carbonyl (C=O) groups is 1. The van der Waals surface area contributed by atoms with Gasteiger partial charge in [-0.15, -0.1) is 0 Å². The predicted molar refractivity (Wildman–Crippen MR) is 109 cm³/mol. The minimum Gasteiger partial charge on any atom is -0.479 e. The van der Waals surface area contributed by atoms with Crippen LogP contribution in [0.2, 0.25) is 0 Å². The number of carboxylic acids is 1. The summed E-state index contributed by atoms with van der Waals surface area (Å²) in [5, 5.41) is 134. The van der Waals surface area contributed by atoms with Crippen LogP contribution in [-0.2, 0) is 19.0 Å². The van der Waals surface area contributed by atoms with E-state index in [9.17, 15) is 4.79 Å². The second-order valence-electron chi connectivity index (χ2n) is 8.20. The van der Waals surface area contributed by atoms with Gasteiger partial charge in [0.25, 0.3) is 0 Å². The van der Waals surface area contributed by atoms with Gasteiger partial charge >= 0.3 is 5.97 Å². The molecule has 0 unspecified atom stereocenters. The zero-order chi connectivity index (χ0) is 28.8. The van der Waals surface area contributed by atoms with Crippen molar-refractivity contribution in [1.82, 2.24) is 0 Å². The molecule has 19 nitrogen and oxygen atoms in total. The van der Waals surface area contributed by atoms with Gasteiger partial charge in [0.15, 0.2) is 25.0 Å². The second kappa shape index (κ2) is 14.8. The Morgan fingerprint density at radius 3 is 1.05 bits per heavy atom. The number of hydrogen-bond donors (Lipinski definition) is 15. The van der Waals surface area contributed by atoms with E-state index in [4.69, 9.17) is 76.6 Å². The van der Waals surface area contributed by atoms with E-state index in [1.54, 1.807) is 0 Å². The average molecular weight is 554 g/mol. The summed E-state index contributed by atoms with van der Waals surface area (Å²) in [4.78, 5) is 10.4. The van der Waals surface area contributed by atoms with Crippen LogP contribution in [0.3, 0.4) is 0 Å². The molecule has 0 aromatic rings. The van der Waals surface area contributed by atoms with Gasteiger partial charge in [-0.25, -0.2) is 4.79 Å². The summed E-state index contributed by atoms with van der Waals surface area (Å²) < 4.78 is 13.5. The molecule has 3 aliphatic rings. The Morgan fingerprint density at radius 1 is 0.459 bits per heavy atom. The molecule has 0 bridgehead atoms. The monoisotopic (exact) mass is 554 g/mol. The molecule has 0 aromatic heterocycles. The van der Waals surface area contributed by atoms with Gasteiger partial charge < -0.3 is 90.8 Å². The molecule has 15 N–H and O–H groups in total. The SMILES string of the molecule is O=C(O)[C@H]1O[C@@H](O)[C@H](O)[C@@H](O)[C@@H]1O.OC[C@H]1O[C@@H](O)[C@@H](O)[C@@H](O)[C@@H]1O.OC[C@H]1O[C@H](O)[C@@H](O)[C@@H](O)[C@@H]1O. The Balaban J connectivity index is 0.000000278. The minimum absolute atomic E-state index is 0.526. The number of ether oxygens (including phenoxy) is 3. The van der Waals surface area contributed by atoms with Crippen molar-refractivity contribution in [2.75, 3.05) is 13.2 Å². The summed E-state index contributed by atoms with van der Waals surface area (Å²) in [5.74, 6) is -1.52. The Hall–Kier alpha value is -1.21. The maximum absolute atomic E-state index is 10.4. The van der Waals surface area contributed by atoms with Crippen LogP contribution in [-0.4, -0.2) is 188 Å². The van der Waals surface area contributed by atoms with Crippen molar-refractivity contribution in [3.05, 3.63) is 0 Å². The van der Waals surface area contributed by atoms with Crippen LogP contribution in [0.25, 0.3) is 0 Å². The van der Waals surface area contributed by atoms with Crippen molar-refractivity contribution in [3.8, 4) is 0 Å². The number of carboxylic acid groups (broad SMARTS) is 1. The lowest BCUT2D eigenvalue weighted by Crippen LogP contribution is -2.59. The highest BCUT2D eigenvalue weighted by atomic mass is 16.7. The molecule has 0 aliphatic carbocycles. The number of aliphatic hydroxyl groups excluding tert-OH is 14. The Morgan fingerprint density at radius 2 is 0.757 bits per heavy atom. The van der Waals surface area contributed by atoms with E-state index < -0.39 is 111 Å². The van der Waals surface area contributed by atoms with Gasteiger partial charge in [-0.05, 0) is 0 Å². The lowest BCUT2D eigenvalue weighted by molar-refractivity contribution is -0.286. The summed E-state index contributed by atoms with van der Waals surface area (Å²) in [7, 11) is 0. The van der Waals surface area contributed by atoms with E-state index in [1.165, 1.54) is 0 Å². The normalized spacial score (nSPS) is 48.1. The molecule has 0 amide bonds. The van der Waals surface area contributed by atoms with Crippen LogP contribution in [0.15, 0.2) is 0 Å². The molecule has 220 valence electrons. The van der Waals surface area contributed by atoms with E-state index >= 15 is 0 Å². The van der Waals surface area contributed by atoms with Crippen molar-refractivity contribution < 1.29 is 95.6 Å². The molecule has 0 aromatic carbocycles. The molecule has 19 heteroatoms. The molecule has 37 heavy (non-hydrogen) atoms. The van der Waals surface area contributed by atoms with Gasteiger partial charge in [-0.3, -0.25) is 0 Å². The third kappa shape index (κ3) is 8.39. The Kier molecular flexibility index (Phi) is 13.5. The maximum atomic E-state index is 10.4. The smallest absolute Gasteiger partial charge is 0.335 e. The molecular weight excluding hydrogens is 520 g/mol. The van der Waals surface area contributed by atoms with Gasteiger partial charge in [-0.1, -0.05) is 0 Å². The van der Waals surface area contributed by atoms with Crippen LogP contribution < -0.4 is 0 Å². The largest absolute Gasteiger partial charge is 0.479 e. The fraction of sp³-hybridized carbons (Fsp3) is 0.944. The van der Waals surface area contributed by atoms with Gasteiger partial charge in [-0.2, -0.15) is 0 Å². The number of rotatable bonds is 3. The maximum Gasteiger partial charge on any atom is 0.335 e. The van der Waals surface area contributed by atoms with Crippen molar-refractivity contribution in [2.24, 2.45) is 0 Å². The third-order valence-electron chi connectivity index (χ3n) is 5.57. The first-order valence-electron chi connectivity index (χ1n) is 10.7. The fourth-order valence-corrected chi connectivity index (χ4v) is 3.23. The fourth-order valence-electron chi connectivity index (χ4n) is 3.23. The van der Waals surface area contributed by atoms with Crippen LogP contribution in [0.1, 0.15) is 0 Å². The van der Waals surface area contributed by atoms with Gasteiger partial charge in [0.2, 0.25) is 0 Å². The lowest BCUT2D eigenvalue weighted by atomic mass is 9.99. The Labute approximate surface area is 207 Å². The van der Waals surface area contributed by atoms with Gasteiger partial charge in [0, 0.05) is 0 Å². The molecule has 3 rings (SSSR count). The average Bonchev–Trinajstić information content (AvgIpc) is 2.87. The van der Waals surface area contributed by atoms with E-state index in [2.05, 4.69) is 14.2 Å². The predicted octanol–water partition coefficient (Wildman–Crippen LogP) is -9.57. The second-order valence-corrected chi connectivity index (χ2v) is 8.20. The molecule has 0 radical (unpaired) electrons. The summed E-state index contributed by atoms with van der Waals surface area (Å²) in [6.45, 7) is -1.05. The molecule has 3 aliphatic heterocycles. The van der Waals surface area contributed by atoms with Crippen molar-refractivity contribution in [3.63, 3.8) is 0 Å². The van der Waals surface area contributed by atoms with Crippen molar-refractivity contribution >= 4 is 5.97 Å². The molecule has 3 fully saturated rings. The van der Waals surface area contributed by atoms with Gasteiger partial charge in [0.05, 0.1) is 13.2 Å². The van der Waals surface area contributed by atoms with Crippen molar-refractivity contribution in [2.45, 2.75) is 92.1 Å². The lowest BCUT2D eigenvalue weighted by Gasteiger charge is -2.37. The first-order valence-corrected chi connectivity index (χ1v) is 10.7. The number of hydrogen-bond acceptors (Lipinski definition) is 18. The first-order chi connectivity index (χ1) is 17.1. The summed E-state index contributed by atoms with van der Waals surface area (Å²) in [5.41, 5.74) is 0. The molecule has 15 atom stereocenters. The first kappa shape index (κ1) is 33.8. The zero-order valence-electron chi connectivity index (χ0n) is 18.9. The molecule has 3 heterocycles. The standard InChI is InChI=1S/C6H10O7.2C6H12O6/c7-1-2(8)4(5(10)11)13-6(12)3(1)9;2*7-1-2-3(8)4(9)5(10)6(11)12-2/h1-4,6-9,12H,(H,10,11);2*2-11H,1H2/t1-,2-,3+,4-,6+;2-,3-,4+,5+,6+;2-,3-,4+,5+,6-/m011/s1. The summed E-state index contributed by atoms with van der Waals surface area (Å²) >= 11 is 0. The quantitative estimate of drug-likeness (QED) is 0.154. The Bertz CT molecular complexity index is 640. The van der Waals surface area contributed by atoms with Crippen molar-refractivity contribution in [1.29, 1.82) is 0 Å². The van der Waals surface area contributed by atoms with Crippen LogP contribution in [0, 0.1) is 0 Å². The summed E-state index contributed by atoms with van der Waals surface area (Å²) in [6, 6.07) is 0. The number of aliphatic carboxylic acids is 1. The third-order valence-corrected chi connectivity index (χ3v) is 5.57. The minimum atomic E-state index is -1.81. The molecule has 0 saturated carbocycles. The van der Waals surface area contributed by atoms with Gasteiger partial charge in [0.1, 0.15) is 67.1 Å². The van der Waals surface area contributed by atoms with Crippen LogP contribution in [0.4, 0.5) is 0 Å². The molecule has 3 saturated heterocycles. The van der Waals surface area contributed by atoms with E-state index in [0.717, 1.165) is 0 Å². The topological polar surface area (TPSA) is 348 Å². The highest BCUT2D eigenvalue weighted by molar-refractivity contribution is 5.73.